The van der Waals surface area contributed by atoms with Crippen molar-refractivity contribution in [2.45, 2.75) is 24.6 Å². The first-order chi connectivity index (χ1) is 9.95. The summed E-state index contributed by atoms with van der Waals surface area (Å²) in [5.74, 6) is -0.351. The van der Waals surface area contributed by atoms with E-state index < -0.39 is 36.9 Å². The van der Waals surface area contributed by atoms with Crippen LogP contribution in [0.5, 0.6) is 0 Å². The fraction of sp³-hybridized carbons (Fsp3) is 0.500. The Bertz CT molecular complexity index is 745. The Labute approximate surface area is 115 Å². The number of rotatable bonds is 2. The van der Waals surface area contributed by atoms with Gasteiger partial charge in [0.1, 0.15) is 12.2 Å². The second kappa shape index (κ2) is 4.65. The minimum absolute atomic E-state index is 0.0187. The van der Waals surface area contributed by atoms with Gasteiger partial charge in [0.25, 0.3) is 0 Å². The summed E-state index contributed by atoms with van der Waals surface area (Å²) in [7, 11) is 0. The topological polar surface area (TPSA) is 149 Å². The lowest BCUT2D eigenvalue weighted by Crippen LogP contribution is -2.30. The molecule has 11 heteroatoms. The molecule has 114 valence electrons. The Kier molecular flexibility index (Phi) is 3.04. The summed E-state index contributed by atoms with van der Waals surface area (Å²) in [4.78, 5) is 18.8. The standard InChI is InChI=1S/C10H12FN5O5/c11-4-6(18)3(1-17)21-9(4)15-2-13-5-7(12)16(20)10(19)14-8(5)15/h2-4,6,9,17-18,20H,1,12H2/t3-,4+,6-,9-/m1/s1. The normalized spacial score (nSPS) is 29.3. The van der Waals surface area contributed by atoms with Crippen LogP contribution in [0.1, 0.15) is 6.23 Å². The highest BCUT2D eigenvalue weighted by Crippen LogP contribution is 2.33. The summed E-state index contributed by atoms with van der Waals surface area (Å²) < 4.78 is 20.5. The largest absolute Gasteiger partial charge is 0.422 e. The number of hydrogen-bond donors (Lipinski definition) is 4. The van der Waals surface area contributed by atoms with Crippen molar-refractivity contribution >= 4 is 17.0 Å². The van der Waals surface area contributed by atoms with Crippen LogP contribution in [0.4, 0.5) is 10.2 Å². The molecule has 3 rings (SSSR count). The van der Waals surface area contributed by atoms with Gasteiger partial charge in [-0.05, 0) is 0 Å². The number of aromatic nitrogens is 4. The summed E-state index contributed by atoms with van der Waals surface area (Å²) in [6.07, 6.45) is -4.66. The fourth-order valence-corrected chi connectivity index (χ4v) is 2.25. The molecular formula is C10H12FN5O5. The van der Waals surface area contributed by atoms with E-state index in [1.54, 1.807) is 0 Å². The molecule has 0 spiro atoms. The first kappa shape index (κ1) is 13.7. The second-order valence-electron chi connectivity index (χ2n) is 4.60. The van der Waals surface area contributed by atoms with E-state index in [-0.39, 0.29) is 21.7 Å². The molecule has 0 amide bonds. The third-order valence-electron chi connectivity index (χ3n) is 3.37. The maximum Gasteiger partial charge on any atom is 0.384 e. The molecule has 0 aliphatic carbocycles. The van der Waals surface area contributed by atoms with Gasteiger partial charge in [-0.2, -0.15) is 4.98 Å². The maximum atomic E-state index is 14.1. The Morgan fingerprint density at radius 2 is 2.24 bits per heavy atom. The first-order valence-corrected chi connectivity index (χ1v) is 5.98. The molecule has 2 aromatic heterocycles. The van der Waals surface area contributed by atoms with Crippen LogP contribution in [0.2, 0.25) is 0 Å². The number of imidazole rings is 1. The number of hydrogen-bond acceptors (Lipinski definition) is 8. The zero-order valence-electron chi connectivity index (χ0n) is 10.5. The third-order valence-corrected chi connectivity index (χ3v) is 3.37. The van der Waals surface area contributed by atoms with Crippen molar-refractivity contribution in [1.29, 1.82) is 0 Å². The van der Waals surface area contributed by atoms with Crippen molar-refractivity contribution in [3.05, 3.63) is 16.8 Å². The summed E-state index contributed by atoms with van der Waals surface area (Å²) in [6, 6.07) is 0. The van der Waals surface area contributed by atoms with E-state index in [2.05, 4.69) is 9.97 Å². The van der Waals surface area contributed by atoms with Gasteiger partial charge in [0, 0.05) is 0 Å². The van der Waals surface area contributed by atoms with Crippen LogP contribution in [0.25, 0.3) is 11.2 Å². The van der Waals surface area contributed by atoms with Gasteiger partial charge in [0.15, 0.2) is 29.4 Å². The predicted octanol–water partition coefficient (Wildman–Crippen LogP) is -2.00. The lowest BCUT2D eigenvalue weighted by atomic mass is 10.1. The Morgan fingerprint density at radius 3 is 2.86 bits per heavy atom. The van der Waals surface area contributed by atoms with Crippen molar-refractivity contribution < 1.29 is 24.5 Å². The van der Waals surface area contributed by atoms with E-state index >= 15 is 0 Å². The molecule has 10 nitrogen and oxygen atoms in total. The predicted molar refractivity (Wildman–Crippen MR) is 65.3 cm³/mol. The number of ether oxygens (including phenoxy) is 1. The van der Waals surface area contributed by atoms with Crippen LogP contribution in [0.15, 0.2) is 11.1 Å². The molecule has 4 atom stereocenters. The molecule has 1 aliphatic rings. The van der Waals surface area contributed by atoms with Crippen molar-refractivity contribution in [3.8, 4) is 0 Å². The Morgan fingerprint density at radius 1 is 1.52 bits per heavy atom. The van der Waals surface area contributed by atoms with Crippen molar-refractivity contribution in [3.63, 3.8) is 0 Å². The van der Waals surface area contributed by atoms with Gasteiger partial charge in [0.2, 0.25) is 0 Å². The summed E-state index contributed by atoms with van der Waals surface area (Å²) >= 11 is 0. The number of anilines is 1. The number of nitrogen functional groups attached to an aromatic ring is 1. The van der Waals surface area contributed by atoms with Gasteiger partial charge >= 0.3 is 5.69 Å². The van der Waals surface area contributed by atoms with Crippen LogP contribution >= 0.6 is 0 Å². The average molecular weight is 301 g/mol. The zero-order valence-corrected chi connectivity index (χ0v) is 10.5. The maximum absolute atomic E-state index is 14.1. The first-order valence-electron chi connectivity index (χ1n) is 5.98. The van der Waals surface area contributed by atoms with Crippen LogP contribution in [0.3, 0.4) is 0 Å². The minimum atomic E-state index is -1.85. The van der Waals surface area contributed by atoms with Crippen molar-refractivity contribution in [2.75, 3.05) is 12.3 Å². The molecule has 1 saturated heterocycles. The lowest BCUT2D eigenvalue weighted by Gasteiger charge is -2.15. The molecule has 0 unspecified atom stereocenters. The summed E-state index contributed by atoms with van der Waals surface area (Å²) in [5.41, 5.74) is 4.34. The molecule has 21 heavy (non-hydrogen) atoms. The van der Waals surface area contributed by atoms with Crippen molar-refractivity contribution in [2.24, 2.45) is 0 Å². The second-order valence-corrected chi connectivity index (χ2v) is 4.60. The highest BCUT2D eigenvalue weighted by atomic mass is 19.1. The molecular weight excluding hydrogens is 289 g/mol. The number of halogens is 1. The smallest absolute Gasteiger partial charge is 0.384 e. The van der Waals surface area contributed by atoms with Gasteiger partial charge in [-0.15, -0.1) is 4.73 Å². The molecule has 0 bridgehead atoms. The minimum Gasteiger partial charge on any atom is -0.422 e. The van der Waals surface area contributed by atoms with Crippen LogP contribution < -0.4 is 11.4 Å². The number of nitrogens with zero attached hydrogens (tertiary/aromatic N) is 4. The monoisotopic (exact) mass is 301 g/mol. The van der Waals surface area contributed by atoms with Gasteiger partial charge in [-0.1, -0.05) is 0 Å². The average Bonchev–Trinajstić information content (AvgIpc) is 2.99. The van der Waals surface area contributed by atoms with E-state index in [1.807, 2.05) is 0 Å². The highest BCUT2D eigenvalue weighted by molar-refractivity contribution is 5.81. The van der Waals surface area contributed by atoms with Crippen LogP contribution in [0, 0.1) is 0 Å². The molecule has 0 radical (unpaired) electrons. The molecule has 5 N–H and O–H groups in total. The zero-order chi connectivity index (χ0) is 15.3. The number of aliphatic hydroxyl groups excluding tert-OH is 2. The van der Waals surface area contributed by atoms with Crippen molar-refractivity contribution in [1.82, 2.24) is 19.3 Å². The van der Waals surface area contributed by atoms with Crippen LogP contribution in [-0.4, -0.2) is 59.7 Å². The fourth-order valence-electron chi connectivity index (χ4n) is 2.25. The summed E-state index contributed by atoms with van der Waals surface area (Å²) in [5, 5.41) is 28.0. The van der Waals surface area contributed by atoms with E-state index in [1.165, 1.54) is 0 Å². The number of alkyl halides is 1. The number of nitrogens with two attached hydrogens (primary N) is 1. The van der Waals surface area contributed by atoms with Gasteiger partial charge in [-0.3, -0.25) is 4.57 Å². The summed E-state index contributed by atoms with van der Waals surface area (Å²) in [6.45, 7) is -0.566. The lowest BCUT2D eigenvalue weighted by molar-refractivity contribution is -0.0459. The highest BCUT2D eigenvalue weighted by Gasteiger charge is 2.45. The van der Waals surface area contributed by atoms with Crippen LogP contribution in [-0.2, 0) is 4.74 Å². The van der Waals surface area contributed by atoms with Gasteiger partial charge < -0.3 is 25.9 Å². The molecule has 0 saturated carbocycles. The molecule has 2 aromatic rings. The van der Waals surface area contributed by atoms with Gasteiger partial charge in [-0.25, -0.2) is 14.2 Å². The Balaban J connectivity index is 2.12. The van der Waals surface area contributed by atoms with E-state index in [0.29, 0.717) is 0 Å². The quantitative estimate of drug-likeness (QED) is 0.465. The number of aliphatic hydroxyl groups is 2. The third kappa shape index (κ3) is 1.86. The Hall–Kier alpha value is -2.24. The molecule has 1 aliphatic heterocycles. The molecule has 1 fully saturated rings. The SMILES string of the molecule is Nc1c2ncn([C@@H]3O[C@H](CO)[C@@H](O)[C@@H]3F)c2nc(=O)n1O. The van der Waals surface area contributed by atoms with E-state index in [4.69, 9.17) is 15.6 Å². The molecule has 0 aromatic carbocycles. The van der Waals surface area contributed by atoms with Gasteiger partial charge in [0.05, 0.1) is 12.9 Å². The van der Waals surface area contributed by atoms with E-state index in [9.17, 15) is 19.5 Å². The van der Waals surface area contributed by atoms with E-state index in [0.717, 1.165) is 10.9 Å². The number of fused-ring (bicyclic) bond motifs is 1. The molecule has 3 heterocycles.